The fourth-order valence-electron chi connectivity index (χ4n) is 3.24. The lowest BCUT2D eigenvalue weighted by atomic mass is 10.2. The van der Waals surface area contributed by atoms with Crippen molar-refractivity contribution in [1.82, 2.24) is 18.7 Å². The topological polar surface area (TPSA) is 80.3 Å². The van der Waals surface area contributed by atoms with E-state index in [9.17, 15) is 18.4 Å². The largest absolute Gasteiger partial charge is 0.459 e. The van der Waals surface area contributed by atoms with Crippen LogP contribution >= 0.6 is 0 Å². The zero-order chi connectivity index (χ0) is 21.8. The minimum Gasteiger partial charge on any atom is -0.459 e. The fraction of sp³-hybridized carbons (Fsp3) is 0.350. The summed E-state index contributed by atoms with van der Waals surface area (Å²) in [4.78, 5) is 29.7. The second-order valence-electron chi connectivity index (χ2n) is 6.32. The van der Waals surface area contributed by atoms with E-state index in [4.69, 9.17) is 9.47 Å². The van der Waals surface area contributed by atoms with Gasteiger partial charge in [-0.15, -0.1) is 0 Å². The molecule has 0 bridgehead atoms. The van der Waals surface area contributed by atoms with Gasteiger partial charge in [-0.3, -0.25) is 13.9 Å². The highest BCUT2D eigenvalue weighted by molar-refractivity contribution is 5.77. The van der Waals surface area contributed by atoms with Crippen LogP contribution in [0, 0.1) is 0 Å². The van der Waals surface area contributed by atoms with E-state index in [-0.39, 0.29) is 18.0 Å². The van der Waals surface area contributed by atoms with Crippen molar-refractivity contribution in [2.45, 2.75) is 26.9 Å². The van der Waals surface area contributed by atoms with E-state index in [1.807, 2.05) is 6.92 Å². The van der Waals surface area contributed by atoms with Gasteiger partial charge in [0.1, 0.15) is 5.82 Å². The Balaban J connectivity index is 2.08. The van der Waals surface area contributed by atoms with Crippen molar-refractivity contribution < 1.29 is 18.3 Å². The van der Waals surface area contributed by atoms with E-state index in [0.29, 0.717) is 29.1 Å². The second kappa shape index (κ2) is 8.93. The molecular weight excluding hydrogens is 398 g/mol. The summed E-state index contributed by atoms with van der Waals surface area (Å²) in [7, 11) is 1.69. The quantitative estimate of drug-likeness (QED) is 0.560. The molecular formula is C20H22F2N4O4. The highest BCUT2D eigenvalue weighted by Crippen LogP contribution is 2.29. The van der Waals surface area contributed by atoms with Crippen LogP contribution in [0.3, 0.4) is 0 Å². The molecule has 0 N–H and O–H groups in total. The molecule has 0 unspecified atom stereocenters. The highest BCUT2D eigenvalue weighted by Gasteiger charge is 2.17. The molecule has 0 atom stereocenters. The molecule has 3 aromatic rings. The summed E-state index contributed by atoms with van der Waals surface area (Å²) < 4.78 is 38.9. The lowest BCUT2D eigenvalue weighted by Crippen LogP contribution is -2.39. The molecule has 1 aromatic carbocycles. The summed E-state index contributed by atoms with van der Waals surface area (Å²) >= 11 is 0. The van der Waals surface area contributed by atoms with Gasteiger partial charge in [-0.2, -0.15) is 0 Å². The number of halogens is 2. The second-order valence-corrected chi connectivity index (χ2v) is 6.32. The molecule has 30 heavy (non-hydrogen) atoms. The maximum atomic E-state index is 12.7. The molecule has 10 heteroatoms. The smallest absolute Gasteiger partial charge is 0.332 e. The molecule has 3 rings (SSSR count). The van der Waals surface area contributed by atoms with Crippen molar-refractivity contribution in [3.8, 4) is 11.5 Å². The van der Waals surface area contributed by atoms with E-state index in [1.54, 1.807) is 36.8 Å². The van der Waals surface area contributed by atoms with Gasteiger partial charge in [-0.05, 0) is 37.6 Å². The maximum Gasteiger partial charge on any atom is 0.332 e. The number of aryl methyl sites for hydroxylation is 2. The molecule has 0 radical (unpaired) electrons. The van der Waals surface area contributed by atoms with Crippen molar-refractivity contribution in [3.63, 3.8) is 0 Å². The molecule has 0 fully saturated rings. The molecule has 160 valence electrons. The summed E-state index contributed by atoms with van der Waals surface area (Å²) in [6, 6.07) is 4.60. The van der Waals surface area contributed by atoms with Gasteiger partial charge in [0, 0.05) is 20.1 Å². The average Bonchev–Trinajstić information content (AvgIpc) is 3.05. The normalized spacial score (nSPS) is 11.5. The van der Waals surface area contributed by atoms with Gasteiger partial charge in [-0.25, -0.2) is 18.6 Å². The van der Waals surface area contributed by atoms with Gasteiger partial charge in [0.15, 0.2) is 22.7 Å². The summed E-state index contributed by atoms with van der Waals surface area (Å²) in [6.07, 6.45) is 3.34. The number of rotatable bonds is 8. The molecule has 0 aliphatic rings. The Morgan fingerprint density at radius 3 is 2.30 bits per heavy atom. The molecule has 0 saturated carbocycles. The summed E-state index contributed by atoms with van der Waals surface area (Å²) in [5.41, 5.74) is 0.458. The average molecular weight is 420 g/mol. The first-order chi connectivity index (χ1) is 14.5. The third-order valence-corrected chi connectivity index (χ3v) is 4.72. The van der Waals surface area contributed by atoms with Crippen molar-refractivity contribution in [3.05, 3.63) is 50.4 Å². The predicted octanol–water partition coefficient (Wildman–Crippen LogP) is 2.72. The lowest BCUT2D eigenvalue weighted by Gasteiger charge is -2.09. The molecule has 0 aliphatic heterocycles. The summed E-state index contributed by atoms with van der Waals surface area (Å²) in [6.45, 7) is 2.03. The number of nitrogens with zero attached hydrogens (tertiary/aromatic N) is 4. The number of fused-ring (bicyclic) bond motifs is 1. The summed E-state index contributed by atoms with van der Waals surface area (Å²) in [5.74, 6) is 0.602. The van der Waals surface area contributed by atoms with E-state index >= 15 is 0 Å². The third-order valence-electron chi connectivity index (χ3n) is 4.72. The highest BCUT2D eigenvalue weighted by atomic mass is 19.1. The monoisotopic (exact) mass is 420 g/mol. The Bertz CT molecular complexity index is 1210. The van der Waals surface area contributed by atoms with Crippen LogP contribution in [0.1, 0.15) is 25.2 Å². The number of ether oxygens (including phenoxy) is 2. The number of hydrogen-bond acceptors (Lipinski definition) is 5. The van der Waals surface area contributed by atoms with Gasteiger partial charge in [-0.1, -0.05) is 12.1 Å². The first-order valence-electron chi connectivity index (χ1n) is 9.36. The zero-order valence-corrected chi connectivity index (χ0v) is 16.9. The van der Waals surface area contributed by atoms with Crippen LogP contribution in [0.25, 0.3) is 23.3 Å². The number of hydrogen-bond donors (Lipinski definition) is 0. The van der Waals surface area contributed by atoms with Crippen LogP contribution < -0.4 is 20.7 Å². The molecule has 2 heterocycles. The number of benzene rings is 1. The van der Waals surface area contributed by atoms with E-state index in [2.05, 4.69) is 4.98 Å². The molecule has 0 spiro atoms. The van der Waals surface area contributed by atoms with E-state index < -0.39 is 25.0 Å². The minimum absolute atomic E-state index is 0.0629. The van der Waals surface area contributed by atoms with Crippen LogP contribution in [0.5, 0.6) is 11.5 Å². The zero-order valence-electron chi connectivity index (χ0n) is 16.9. The molecule has 0 saturated heterocycles. The van der Waals surface area contributed by atoms with Gasteiger partial charge in [0.05, 0.1) is 0 Å². The van der Waals surface area contributed by atoms with Crippen molar-refractivity contribution in [2.24, 2.45) is 7.05 Å². The fourth-order valence-corrected chi connectivity index (χ4v) is 3.24. The molecule has 8 nitrogen and oxygen atoms in total. The van der Waals surface area contributed by atoms with Crippen LogP contribution in [0.15, 0.2) is 27.8 Å². The lowest BCUT2D eigenvalue weighted by molar-refractivity contribution is 0.158. The van der Waals surface area contributed by atoms with Gasteiger partial charge < -0.3 is 14.0 Å². The standard InChI is InChI=1S/C20H22F2N4O4/c1-4-25-18-17(19(27)26(5-2)20(25)28)24(3)16(23-18)9-7-13-6-8-14(29-11-21)15(10-13)30-12-22/h6-10H,4-5,11-12H2,1-3H3/b9-7+. The summed E-state index contributed by atoms with van der Waals surface area (Å²) in [5, 5.41) is 0. The van der Waals surface area contributed by atoms with Crippen molar-refractivity contribution in [1.29, 1.82) is 0 Å². The van der Waals surface area contributed by atoms with Crippen molar-refractivity contribution in [2.75, 3.05) is 13.7 Å². The Morgan fingerprint density at radius 1 is 1.00 bits per heavy atom. The van der Waals surface area contributed by atoms with Crippen LogP contribution in [0.4, 0.5) is 8.78 Å². The number of imidazole rings is 1. The van der Waals surface area contributed by atoms with Crippen LogP contribution in [-0.4, -0.2) is 32.4 Å². The van der Waals surface area contributed by atoms with Gasteiger partial charge >= 0.3 is 5.69 Å². The molecule has 0 aliphatic carbocycles. The predicted molar refractivity (Wildman–Crippen MR) is 109 cm³/mol. The Labute approximate surface area is 170 Å². The first-order valence-corrected chi connectivity index (χ1v) is 9.36. The van der Waals surface area contributed by atoms with E-state index in [0.717, 1.165) is 0 Å². The first kappa shape index (κ1) is 21.3. The van der Waals surface area contributed by atoms with Gasteiger partial charge in [0.2, 0.25) is 13.7 Å². The van der Waals surface area contributed by atoms with Crippen LogP contribution in [-0.2, 0) is 20.1 Å². The van der Waals surface area contributed by atoms with Crippen molar-refractivity contribution >= 4 is 23.3 Å². The minimum atomic E-state index is -1.08. The Hall–Kier alpha value is -3.43. The third kappa shape index (κ3) is 3.72. The number of aromatic nitrogens is 4. The van der Waals surface area contributed by atoms with Crippen LogP contribution in [0.2, 0.25) is 0 Å². The maximum absolute atomic E-state index is 12.7. The van der Waals surface area contributed by atoms with Gasteiger partial charge in [0.25, 0.3) is 5.56 Å². The Kier molecular flexibility index (Phi) is 6.34. The molecule has 2 aromatic heterocycles. The van der Waals surface area contributed by atoms with E-state index in [1.165, 1.54) is 21.3 Å². The number of alkyl halides is 2. The molecule has 0 amide bonds. The Morgan fingerprint density at radius 2 is 1.67 bits per heavy atom. The SMILES string of the molecule is CCn1c(=O)c2c(nc(/C=C/c3ccc(OCF)c(OCF)c3)n2C)n(CC)c1=O.